The molecule has 1 fully saturated rings. The Balaban J connectivity index is 2.05. The minimum atomic E-state index is 0.105. The molecule has 0 aromatic carbocycles. The van der Waals surface area contributed by atoms with E-state index in [9.17, 15) is 0 Å². The van der Waals surface area contributed by atoms with Gasteiger partial charge in [0.2, 0.25) is 5.88 Å². The van der Waals surface area contributed by atoms with E-state index in [4.69, 9.17) is 14.2 Å². The highest BCUT2D eigenvalue weighted by Crippen LogP contribution is 2.18. The molecule has 6 nitrogen and oxygen atoms in total. The van der Waals surface area contributed by atoms with Crippen LogP contribution in [-0.4, -0.2) is 42.4 Å². The van der Waals surface area contributed by atoms with Crippen molar-refractivity contribution >= 4 is 5.82 Å². The number of aromatic nitrogens is 2. The average Bonchev–Trinajstić information content (AvgIpc) is 2.38. The van der Waals surface area contributed by atoms with Gasteiger partial charge >= 0.3 is 0 Å². The second-order valence-corrected chi connectivity index (χ2v) is 4.35. The minimum absolute atomic E-state index is 0.105. The molecule has 0 saturated carbocycles. The summed E-state index contributed by atoms with van der Waals surface area (Å²) in [5, 5.41) is 3.24. The predicted octanol–water partition coefficient (Wildman–Crippen LogP) is 1.61. The van der Waals surface area contributed by atoms with Crippen molar-refractivity contribution in [2.45, 2.75) is 33.0 Å². The summed E-state index contributed by atoms with van der Waals surface area (Å²) in [4.78, 5) is 8.75. The first-order chi connectivity index (χ1) is 9.31. The molecule has 0 atom stereocenters. The van der Waals surface area contributed by atoms with Gasteiger partial charge in [0, 0.05) is 19.2 Å². The molecule has 1 saturated heterocycles. The first-order valence-electron chi connectivity index (χ1n) is 6.75. The van der Waals surface area contributed by atoms with Gasteiger partial charge in [-0.05, 0) is 13.3 Å². The smallest absolute Gasteiger partial charge is 0.219 e. The summed E-state index contributed by atoms with van der Waals surface area (Å²) in [5.41, 5.74) is 0. The van der Waals surface area contributed by atoms with Crippen molar-refractivity contribution in [3.63, 3.8) is 0 Å². The summed E-state index contributed by atoms with van der Waals surface area (Å²) in [6, 6.07) is 1.82. The van der Waals surface area contributed by atoms with Gasteiger partial charge in [0.1, 0.15) is 18.5 Å². The highest BCUT2D eigenvalue weighted by molar-refractivity contribution is 5.38. The third-order valence-corrected chi connectivity index (χ3v) is 2.64. The molecule has 1 aromatic rings. The lowest BCUT2D eigenvalue weighted by atomic mass is 10.3. The van der Waals surface area contributed by atoms with Gasteiger partial charge < -0.3 is 19.5 Å². The fourth-order valence-electron chi connectivity index (χ4n) is 1.59. The Bertz CT molecular complexity index is 370. The topological polar surface area (TPSA) is 65.5 Å². The van der Waals surface area contributed by atoms with E-state index >= 15 is 0 Å². The zero-order valence-electron chi connectivity index (χ0n) is 11.5. The molecule has 0 amide bonds. The van der Waals surface area contributed by atoms with Crippen LogP contribution in [-0.2, 0) is 16.1 Å². The van der Waals surface area contributed by atoms with Crippen molar-refractivity contribution in [2.24, 2.45) is 0 Å². The maximum absolute atomic E-state index is 5.72. The Morgan fingerprint density at radius 2 is 2.21 bits per heavy atom. The van der Waals surface area contributed by atoms with Gasteiger partial charge in [-0.3, -0.25) is 0 Å². The molecule has 6 heteroatoms. The molecule has 106 valence electrons. The summed E-state index contributed by atoms with van der Waals surface area (Å²) in [6.07, 6.45) is 1.14. The molecule has 2 heterocycles. The summed E-state index contributed by atoms with van der Waals surface area (Å²) in [6.45, 7) is 7.22. The molecule has 0 spiro atoms. The Kier molecular flexibility index (Phi) is 5.35. The van der Waals surface area contributed by atoms with E-state index < -0.39 is 0 Å². The molecule has 0 radical (unpaired) electrons. The van der Waals surface area contributed by atoms with Crippen molar-refractivity contribution in [1.29, 1.82) is 0 Å². The summed E-state index contributed by atoms with van der Waals surface area (Å²) in [7, 11) is 0. The van der Waals surface area contributed by atoms with Gasteiger partial charge in [-0.2, -0.15) is 4.98 Å². The molecule has 1 aliphatic rings. The molecule has 2 rings (SSSR count). The normalized spacial score (nSPS) is 15.1. The first kappa shape index (κ1) is 14.0. The number of rotatable bonds is 8. The van der Waals surface area contributed by atoms with Crippen LogP contribution in [0, 0.1) is 0 Å². The van der Waals surface area contributed by atoms with Gasteiger partial charge in [0.15, 0.2) is 5.82 Å². The molecule has 0 aliphatic carbocycles. The van der Waals surface area contributed by atoms with Crippen LogP contribution in [0.25, 0.3) is 0 Å². The third-order valence-electron chi connectivity index (χ3n) is 2.64. The summed E-state index contributed by atoms with van der Waals surface area (Å²) < 4.78 is 16.2. The summed E-state index contributed by atoms with van der Waals surface area (Å²) >= 11 is 0. The maximum Gasteiger partial charge on any atom is 0.219 e. The van der Waals surface area contributed by atoms with Crippen LogP contribution in [0.5, 0.6) is 5.88 Å². The van der Waals surface area contributed by atoms with E-state index in [1.807, 2.05) is 13.0 Å². The van der Waals surface area contributed by atoms with Crippen LogP contribution >= 0.6 is 0 Å². The number of nitrogens with zero attached hydrogens (tertiary/aromatic N) is 2. The van der Waals surface area contributed by atoms with E-state index in [2.05, 4.69) is 22.2 Å². The maximum atomic E-state index is 5.72. The molecule has 1 N–H and O–H groups in total. The van der Waals surface area contributed by atoms with E-state index in [1.165, 1.54) is 0 Å². The van der Waals surface area contributed by atoms with E-state index in [1.54, 1.807) is 0 Å². The monoisotopic (exact) mass is 267 g/mol. The van der Waals surface area contributed by atoms with Crippen LogP contribution in [0.15, 0.2) is 6.07 Å². The van der Waals surface area contributed by atoms with Crippen LogP contribution in [0.4, 0.5) is 5.82 Å². The largest absolute Gasteiger partial charge is 0.469 e. The quantitative estimate of drug-likeness (QED) is 0.772. The van der Waals surface area contributed by atoms with Gasteiger partial charge in [0.25, 0.3) is 0 Å². The number of hydrogen-bond acceptors (Lipinski definition) is 6. The first-order valence-corrected chi connectivity index (χ1v) is 6.75. The van der Waals surface area contributed by atoms with Crippen molar-refractivity contribution in [1.82, 2.24) is 9.97 Å². The van der Waals surface area contributed by atoms with Crippen molar-refractivity contribution in [2.75, 3.05) is 31.7 Å². The van der Waals surface area contributed by atoms with E-state index in [-0.39, 0.29) is 6.10 Å². The number of nitrogens with one attached hydrogen (secondary N) is 1. The number of ether oxygens (including phenoxy) is 3. The SMILES string of the molecule is CCCNc1cc(OC2COC2)nc(COCC)n1. The molecular formula is C13H21N3O3. The Morgan fingerprint density at radius 3 is 2.84 bits per heavy atom. The van der Waals surface area contributed by atoms with Crippen LogP contribution in [0.3, 0.4) is 0 Å². The van der Waals surface area contributed by atoms with Crippen molar-refractivity contribution < 1.29 is 14.2 Å². The lowest BCUT2D eigenvalue weighted by Gasteiger charge is -2.26. The fraction of sp³-hybridized carbons (Fsp3) is 0.692. The van der Waals surface area contributed by atoms with Crippen LogP contribution in [0.2, 0.25) is 0 Å². The molecule has 19 heavy (non-hydrogen) atoms. The van der Waals surface area contributed by atoms with E-state index in [0.717, 1.165) is 18.8 Å². The Hall–Kier alpha value is -1.40. The molecule has 1 aliphatic heterocycles. The zero-order chi connectivity index (χ0) is 13.5. The molecule has 0 bridgehead atoms. The van der Waals surface area contributed by atoms with Crippen molar-refractivity contribution in [3.8, 4) is 5.88 Å². The Labute approximate surface area is 113 Å². The van der Waals surface area contributed by atoms with Crippen LogP contribution < -0.4 is 10.1 Å². The van der Waals surface area contributed by atoms with Gasteiger partial charge in [-0.25, -0.2) is 4.98 Å². The average molecular weight is 267 g/mol. The number of anilines is 1. The number of hydrogen-bond donors (Lipinski definition) is 1. The van der Waals surface area contributed by atoms with Gasteiger partial charge in [-0.1, -0.05) is 6.92 Å². The van der Waals surface area contributed by atoms with E-state index in [0.29, 0.717) is 38.1 Å². The standard InChI is InChI=1S/C13H21N3O3/c1-3-5-14-11-6-13(19-10-7-18-8-10)16-12(15-11)9-17-4-2/h6,10H,3-5,7-9H2,1-2H3,(H,14,15,16). The predicted molar refractivity (Wildman–Crippen MR) is 71.4 cm³/mol. The minimum Gasteiger partial charge on any atom is -0.469 e. The highest BCUT2D eigenvalue weighted by Gasteiger charge is 2.21. The highest BCUT2D eigenvalue weighted by atomic mass is 16.6. The van der Waals surface area contributed by atoms with Crippen LogP contribution in [0.1, 0.15) is 26.1 Å². The third kappa shape index (κ3) is 4.33. The van der Waals surface area contributed by atoms with Gasteiger partial charge in [0.05, 0.1) is 13.2 Å². The lowest BCUT2D eigenvalue weighted by Crippen LogP contribution is -2.38. The van der Waals surface area contributed by atoms with Crippen molar-refractivity contribution in [3.05, 3.63) is 11.9 Å². The Morgan fingerprint density at radius 1 is 1.37 bits per heavy atom. The van der Waals surface area contributed by atoms with Gasteiger partial charge in [-0.15, -0.1) is 0 Å². The second kappa shape index (κ2) is 7.25. The fourth-order valence-corrected chi connectivity index (χ4v) is 1.59. The lowest BCUT2D eigenvalue weighted by molar-refractivity contribution is -0.0815. The zero-order valence-corrected chi connectivity index (χ0v) is 11.5. The molecule has 0 unspecified atom stereocenters. The molecule has 1 aromatic heterocycles. The molecular weight excluding hydrogens is 246 g/mol. The summed E-state index contributed by atoms with van der Waals surface area (Å²) in [5.74, 6) is 2.00. The second-order valence-electron chi connectivity index (χ2n) is 4.35.